The lowest BCUT2D eigenvalue weighted by atomic mass is 9.98. The molecular formula is C21H35NO2S. The van der Waals surface area contributed by atoms with E-state index in [1.165, 1.54) is 44.9 Å². The van der Waals surface area contributed by atoms with E-state index in [9.17, 15) is 8.42 Å². The lowest BCUT2D eigenvalue weighted by molar-refractivity contribution is 0.439. The van der Waals surface area contributed by atoms with Crippen LogP contribution in [0.5, 0.6) is 0 Å². The molecule has 1 N–H and O–H groups in total. The molecule has 142 valence electrons. The molecular weight excluding hydrogens is 330 g/mol. The highest BCUT2D eigenvalue weighted by molar-refractivity contribution is 7.89. The van der Waals surface area contributed by atoms with Crippen molar-refractivity contribution in [1.29, 1.82) is 0 Å². The number of sulfonamides is 1. The van der Waals surface area contributed by atoms with Gasteiger partial charge in [-0.2, -0.15) is 0 Å². The second-order valence-corrected chi connectivity index (χ2v) is 9.46. The van der Waals surface area contributed by atoms with Crippen LogP contribution in [-0.4, -0.2) is 14.5 Å². The Hall–Kier alpha value is -0.870. The minimum atomic E-state index is -3.45. The molecule has 0 saturated heterocycles. The number of aryl methyl sites for hydroxylation is 3. The number of hydrogen-bond donors (Lipinski definition) is 1. The molecule has 2 rings (SSSR count). The summed E-state index contributed by atoms with van der Waals surface area (Å²) in [5.41, 5.74) is 2.80. The van der Waals surface area contributed by atoms with Crippen LogP contribution in [0.15, 0.2) is 17.0 Å². The number of nitrogens with one attached hydrogen (secondary N) is 1. The predicted molar refractivity (Wildman–Crippen MR) is 106 cm³/mol. The minimum absolute atomic E-state index is 0.0736. The Morgan fingerprint density at radius 3 is 1.60 bits per heavy atom. The highest BCUT2D eigenvalue weighted by Crippen LogP contribution is 2.24. The highest BCUT2D eigenvalue weighted by Gasteiger charge is 2.23. The number of hydrogen-bond acceptors (Lipinski definition) is 2. The van der Waals surface area contributed by atoms with Gasteiger partial charge in [0.05, 0.1) is 4.90 Å². The molecule has 1 aliphatic carbocycles. The standard InChI is InChI=1S/C21H35NO2S/c1-17-15-18(2)21(19(3)16-17)25(23,24)22-20-13-11-9-7-5-4-6-8-10-12-14-20/h15-16,20,22H,4-14H2,1-3H3. The third kappa shape index (κ3) is 6.41. The van der Waals surface area contributed by atoms with Crippen molar-refractivity contribution in [2.45, 2.75) is 102 Å². The van der Waals surface area contributed by atoms with Crippen molar-refractivity contribution in [3.05, 3.63) is 28.8 Å². The van der Waals surface area contributed by atoms with Crippen molar-refractivity contribution in [3.63, 3.8) is 0 Å². The summed E-state index contributed by atoms with van der Waals surface area (Å²) in [6.45, 7) is 5.81. The third-order valence-corrected chi connectivity index (χ3v) is 7.13. The molecule has 3 nitrogen and oxygen atoms in total. The van der Waals surface area contributed by atoms with Crippen molar-refractivity contribution in [1.82, 2.24) is 4.72 Å². The molecule has 0 radical (unpaired) electrons. The van der Waals surface area contributed by atoms with Gasteiger partial charge in [-0.1, -0.05) is 75.5 Å². The highest BCUT2D eigenvalue weighted by atomic mass is 32.2. The molecule has 1 aromatic carbocycles. The quantitative estimate of drug-likeness (QED) is 0.762. The van der Waals surface area contributed by atoms with E-state index in [-0.39, 0.29) is 6.04 Å². The Kier molecular flexibility index (Phi) is 7.95. The smallest absolute Gasteiger partial charge is 0.208 e. The van der Waals surface area contributed by atoms with Crippen LogP contribution in [0.4, 0.5) is 0 Å². The molecule has 4 heteroatoms. The fraction of sp³-hybridized carbons (Fsp3) is 0.714. The van der Waals surface area contributed by atoms with E-state index >= 15 is 0 Å². The molecule has 1 aromatic rings. The fourth-order valence-corrected chi connectivity index (χ4v) is 5.91. The first-order valence-corrected chi connectivity index (χ1v) is 11.5. The van der Waals surface area contributed by atoms with Gasteiger partial charge in [0.15, 0.2) is 0 Å². The molecule has 0 amide bonds. The van der Waals surface area contributed by atoms with Crippen LogP contribution >= 0.6 is 0 Å². The maximum atomic E-state index is 13.0. The third-order valence-electron chi connectivity index (χ3n) is 5.30. The van der Waals surface area contributed by atoms with Crippen molar-refractivity contribution in [2.75, 3.05) is 0 Å². The van der Waals surface area contributed by atoms with E-state index in [4.69, 9.17) is 0 Å². The topological polar surface area (TPSA) is 46.2 Å². The van der Waals surface area contributed by atoms with Crippen LogP contribution in [0, 0.1) is 20.8 Å². The van der Waals surface area contributed by atoms with Crippen molar-refractivity contribution < 1.29 is 8.42 Å². The summed E-state index contributed by atoms with van der Waals surface area (Å²) < 4.78 is 29.1. The molecule has 1 aliphatic rings. The largest absolute Gasteiger partial charge is 0.241 e. The van der Waals surface area contributed by atoms with E-state index in [1.54, 1.807) is 0 Å². The molecule has 1 saturated carbocycles. The molecule has 0 spiro atoms. The molecule has 0 heterocycles. The maximum absolute atomic E-state index is 13.0. The average Bonchev–Trinajstić information content (AvgIpc) is 2.48. The second kappa shape index (κ2) is 9.72. The molecule has 1 fully saturated rings. The zero-order valence-corrected chi connectivity index (χ0v) is 17.1. The van der Waals surface area contributed by atoms with Crippen molar-refractivity contribution in [3.8, 4) is 0 Å². The van der Waals surface area contributed by atoms with Crippen LogP contribution in [-0.2, 0) is 10.0 Å². The Bertz CT molecular complexity index is 617. The van der Waals surface area contributed by atoms with Crippen LogP contribution < -0.4 is 4.72 Å². The van der Waals surface area contributed by atoms with Crippen molar-refractivity contribution >= 4 is 10.0 Å². The van der Waals surface area contributed by atoms with Gasteiger partial charge in [-0.15, -0.1) is 0 Å². The van der Waals surface area contributed by atoms with Crippen molar-refractivity contribution in [2.24, 2.45) is 0 Å². The van der Waals surface area contributed by atoms with Gasteiger partial charge in [-0.05, 0) is 44.7 Å². The van der Waals surface area contributed by atoms with Gasteiger partial charge in [-0.25, -0.2) is 13.1 Å². The van der Waals surface area contributed by atoms with Gasteiger partial charge in [-0.3, -0.25) is 0 Å². The monoisotopic (exact) mass is 365 g/mol. The first-order valence-electron chi connectivity index (χ1n) is 10.0. The summed E-state index contributed by atoms with van der Waals surface area (Å²) in [6.07, 6.45) is 13.2. The van der Waals surface area contributed by atoms with Crippen LogP contribution in [0.3, 0.4) is 0 Å². The summed E-state index contributed by atoms with van der Waals surface area (Å²) in [7, 11) is -3.45. The molecule has 25 heavy (non-hydrogen) atoms. The number of rotatable bonds is 3. The SMILES string of the molecule is Cc1cc(C)c(S(=O)(=O)NC2CCCCCCCCCCC2)c(C)c1. The average molecular weight is 366 g/mol. The summed E-state index contributed by atoms with van der Waals surface area (Å²) in [6, 6.07) is 4.00. The second-order valence-electron chi connectivity index (χ2n) is 7.81. The normalized spacial score (nSPS) is 19.2. The summed E-state index contributed by atoms with van der Waals surface area (Å²) in [5, 5.41) is 0. The van der Waals surface area contributed by atoms with E-state index in [1.807, 2.05) is 32.9 Å². The van der Waals surface area contributed by atoms with Crippen LogP contribution in [0.25, 0.3) is 0 Å². The minimum Gasteiger partial charge on any atom is -0.208 e. The lowest BCUT2D eigenvalue weighted by Crippen LogP contribution is -2.35. The number of benzene rings is 1. The Morgan fingerprint density at radius 1 is 0.760 bits per heavy atom. The van der Waals surface area contributed by atoms with E-state index < -0.39 is 10.0 Å². The first kappa shape index (κ1) is 20.4. The van der Waals surface area contributed by atoms with Gasteiger partial charge in [0, 0.05) is 6.04 Å². The molecule has 0 aliphatic heterocycles. The maximum Gasteiger partial charge on any atom is 0.241 e. The summed E-state index contributed by atoms with van der Waals surface area (Å²) >= 11 is 0. The van der Waals surface area contributed by atoms with E-state index in [0.717, 1.165) is 42.4 Å². The Labute approximate surface area is 154 Å². The van der Waals surface area contributed by atoms with Gasteiger partial charge in [0.2, 0.25) is 10.0 Å². The summed E-state index contributed by atoms with van der Waals surface area (Å²) in [4.78, 5) is 0.476. The Balaban J connectivity index is 2.10. The van der Waals surface area contributed by atoms with E-state index in [0.29, 0.717) is 4.90 Å². The van der Waals surface area contributed by atoms with E-state index in [2.05, 4.69) is 4.72 Å². The van der Waals surface area contributed by atoms with Crippen LogP contribution in [0.2, 0.25) is 0 Å². The van der Waals surface area contributed by atoms with Crippen LogP contribution in [0.1, 0.15) is 87.3 Å². The zero-order chi connectivity index (χ0) is 18.3. The zero-order valence-electron chi connectivity index (χ0n) is 16.2. The first-order chi connectivity index (χ1) is 11.9. The predicted octanol–water partition coefficient (Wildman–Crippen LogP) is 5.56. The van der Waals surface area contributed by atoms with Gasteiger partial charge in [0.1, 0.15) is 0 Å². The molecule has 0 aromatic heterocycles. The fourth-order valence-electron chi connectivity index (χ4n) is 4.15. The molecule has 0 bridgehead atoms. The van der Waals surface area contributed by atoms with Gasteiger partial charge >= 0.3 is 0 Å². The van der Waals surface area contributed by atoms with Gasteiger partial charge in [0.25, 0.3) is 0 Å². The Morgan fingerprint density at radius 2 is 1.16 bits per heavy atom. The lowest BCUT2D eigenvalue weighted by Gasteiger charge is -2.21. The van der Waals surface area contributed by atoms with Gasteiger partial charge < -0.3 is 0 Å². The molecule has 0 unspecified atom stereocenters. The summed E-state index contributed by atoms with van der Waals surface area (Å²) in [5.74, 6) is 0. The molecule has 0 atom stereocenters.